The molecule has 2 atom stereocenters. The molecule has 6 nitrogen and oxygen atoms in total. The lowest BCUT2D eigenvalue weighted by Crippen LogP contribution is -2.46. The SMILES string of the molecule is C[C@H]1CCCC[C@H]1N1C(=O)C(=O)N(CN(C)Cc2ccccc2)C1=O. The smallest absolute Gasteiger partial charge is 0.284 e. The van der Waals surface area contributed by atoms with Crippen molar-refractivity contribution in [3.05, 3.63) is 35.9 Å². The number of hydrogen-bond donors (Lipinski definition) is 0. The van der Waals surface area contributed by atoms with E-state index in [-0.39, 0.29) is 18.6 Å². The third-order valence-corrected chi connectivity index (χ3v) is 5.16. The van der Waals surface area contributed by atoms with Gasteiger partial charge in [-0.2, -0.15) is 0 Å². The lowest BCUT2D eigenvalue weighted by molar-refractivity contribution is -0.145. The van der Waals surface area contributed by atoms with Crippen LogP contribution in [0.3, 0.4) is 0 Å². The zero-order valence-corrected chi connectivity index (χ0v) is 14.9. The second-order valence-electron chi connectivity index (χ2n) is 7.16. The molecule has 1 aliphatic heterocycles. The van der Waals surface area contributed by atoms with Crippen LogP contribution in [0.15, 0.2) is 30.3 Å². The number of imide groups is 2. The number of benzene rings is 1. The number of carbonyl (C=O) groups excluding carboxylic acids is 3. The molecule has 134 valence electrons. The zero-order valence-electron chi connectivity index (χ0n) is 14.9. The van der Waals surface area contributed by atoms with Gasteiger partial charge in [0.1, 0.15) is 0 Å². The Morgan fingerprint density at radius 1 is 1.04 bits per heavy atom. The first-order valence-electron chi connectivity index (χ1n) is 8.90. The maximum Gasteiger partial charge on any atom is 0.335 e. The minimum atomic E-state index is -0.706. The van der Waals surface area contributed by atoms with Gasteiger partial charge in [-0.05, 0) is 31.4 Å². The van der Waals surface area contributed by atoms with Gasteiger partial charge in [0.2, 0.25) is 0 Å². The number of hydrogen-bond acceptors (Lipinski definition) is 4. The summed E-state index contributed by atoms with van der Waals surface area (Å²) in [6, 6.07) is 9.21. The molecule has 0 unspecified atom stereocenters. The van der Waals surface area contributed by atoms with Crippen LogP contribution in [0.1, 0.15) is 38.2 Å². The van der Waals surface area contributed by atoms with Gasteiger partial charge >= 0.3 is 17.8 Å². The average Bonchev–Trinajstić information content (AvgIpc) is 2.80. The molecule has 1 saturated carbocycles. The average molecular weight is 343 g/mol. The lowest BCUT2D eigenvalue weighted by atomic mass is 9.85. The van der Waals surface area contributed by atoms with Crippen molar-refractivity contribution in [2.75, 3.05) is 13.7 Å². The molecule has 1 aromatic carbocycles. The van der Waals surface area contributed by atoms with Crippen LogP contribution in [0.25, 0.3) is 0 Å². The molecule has 1 aromatic rings. The normalized spacial score (nSPS) is 24.5. The highest BCUT2D eigenvalue weighted by Gasteiger charge is 2.49. The van der Waals surface area contributed by atoms with Crippen molar-refractivity contribution >= 4 is 17.8 Å². The van der Waals surface area contributed by atoms with Crippen LogP contribution in [0, 0.1) is 5.92 Å². The van der Waals surface area contributed by atoms with E-state index < -0.39 is 17.8 Å². The largest absolute Gasteiger partial charge is 0.335 e. The molecule has 0 aromatic heterocycles. The first-order chi connectivity index (χ1) is 12.0. The van der Waals surface area contributed by atoms with Crippen molar-refractivity contribution in [2.45, 2.75) is 45.2 Å². The predicted molar refractivity (Wildman–Crippen MR) is 93.3 cm³/mol. The van der Waals surface area contributed by atoms with Gasteiger partial charge in [0.25, 0.3) is 0 Å². The Bertz CT molecular complexity index is 661. The third-order valence-electron chi connectivity index (χ3n) is 5.16. The van der Waals surface area contributed by atoms with E-state index in [0.29, 0.717) is 6.54 Å². The fourth-order valence-electron chi connectivity index (χ4n) is 3.81. The van der Waals surface area contributed by atoms with Gasteiger partial charge in [-0.25, -0.2) is 9.69 Å². The Morgan fingerprint density at radius 3 is 2.40 bits per heavy atom. The minimum absolute atomic E-state index is 0.121. The third kappa shape index (κ3) is 3.58. The molecule has 3 rings (SSSR count). The molecular formula is C19H25N3O3. The molecule has 1 heterocycles. The van der Waals surface area contributed by atoms with Gasteiger partial charge in [0.15, 0.2) is 0 Å². The van der Waals surface area contributed by atoms with Crippen molar-refractivity contribution in [1.29, 1.82) is 0 Å². The van der Waals surface area contributed by atoms with Crippen molar-refractivity contribution in [3.63, 3.8) is 0 Å². The summed E-state index contributed by atoms with van der Waals surface area (Å²) in [5.41, 5.74) is 1.09. The van der Waals surface area contributed by atoms with Crippen LogP contribution >= 0.6 is 0 Å². The summed E-state index contributed by atoms with van der Waals surface area (Å²) in [6.07, 6.45) is 3.89. The van der Waals surface area contributed by atoms with Gasteiger partial charge in [-0.15, -0.1) is 0 Å². The molecule has 1 saturated heterocycles. The molecule has 0 spiro atoms. The molecule has 1 aliphatic carbocycles. The highest BCUT2D eigenvalue weighted by molar-refractivity contribution is 6.44. The van der Waals surface area contributed by atoms with Gasteiger partial charge in [-0.3, -0.25) is 19.4 Å². The maximum atomic E-state index is 12.7. The molecule has 0 N–H and O–H groups in total. The van der Waals surface area contributed by atoms with Crippen LogP contribution in [0.4, 0.5) is 4.79 Å². The van der Waals surface area contributed by atoms with E-state index in [9.17, 15) is 14.4 Å². The predicted octanol–water partition coefficient (Wildman–Crippen LogP) is 2.45. The Morgan fingerprint density at radius 2 is 1.72 bits per heavy atom. The Labute approximate surface area is 148 Å². The van der Waals surface area contributed by atoms with Gasteiger partial charge < -0.3 is 0 Å². The van der Waals surface area contributed by atoms with Gasteiger partial charge in [0.05, 0.1) is 6.67 Å². The summed E-state index contributed by atoms with van der Waals surface area (Å²) in [4.78, 5) is 41.7. The fraction of sp³-hybridized carbons (Fsp3) is 0.526. The van der Waals surface area contributed by atoms with Crippen molar-refractivity contribution < 1.29 is 14.4 Å². The van der Waals surface area contributed by atoms with Gasteiger partial charge in [-0.1, -0.05) is 50.1 Å². The second kappa shape index (κ2) is 7.35. The Kier molecular flexibility index (Phi) is 5.18. The van der Waals surface area contributed by atoms with Crippen molar-refractivity contribution in [2.24, 2.45) is 5.92 Å². The van der Waals surface area contributed by atoms with Crippen molar-refractivity contribution in [1.82, 2.24) is 14.7 Å². The van der Waals surface area contributed by atoms with Crippen LogP contribution in [0.2, 0.25) is 0 Å². The molecule has 2 aliphatic rings. The first-order valence-corrected chi connectivity index (χ1v) is 8.90. The number of urea groups is 1. The summed E-state index contributed by atoms with van der Waals surface area (Å²) in [5, 5.41) is 0. The van der Waals surface area contributed by atoms with Crippen LogP contribution in [-0.4, -0.2) is 52.3 Å². The van der Waals surface area contributed by atoms with E-state index in [1.54, 1.807) is 0 Å². The molecule has 2 fully saturated rings. The number of nitrogens with zero attached hydrogens (tertiary/aromatic N) is 3. The van der Waals surface area contributed by atoms with E-state index >= 15 is 0 Å². The number of carbonyl (C=O) groups is 3. The summed E-state index contributed by atoms with van der Waals surface area (Å²) < 4.78 is 0. The topological polar surface area (TPSA) is 60.9 Å². The van der Waals surface area contributed by atoms with E-state index in [2.05, 4.69) is 6.92 Å². The molecule has 0 radical (unpaired) electrons. The van der Waals surface area contributed by atoms with E-state index in [1.165, 1.54) is 4.90 Å². The quantitative estimate of drug-likeness (QED) is 0.609. The summed E-state index contributed by atoms with van der Waals surface area (Å²) in [6.45, 7) is 2.78. The molecule has 6 heteroatoms. The first kappa shape index (κ1) is 17.6. The standard InChI is InChI=1S/C19H25N3O3/c1-14-8-6-7-11-16(14)22-18(24)17(23)21(19(22)25)13-20(2)12-15-9-4-3-5-10-15/h3-5,9-10,14,16H,6-8,11-13H2,1-2H3/t14-,16+/m0/s1. The van der Waals surface area contributed by atoms with E-state index in [4.69, 9.17) is 0 Å². The summed E-state index contributed by atoms with van der Waals surface area (Å²) >= 11 is 0. The van der Waals surface area contributed by atoms with E-state index in [0.717, 1.165) is 36.1 Å². The fourth-order valence-corrected chi connectivity index (χ4v) is 3.81. The highest BCUT2D eigenvalue weighted by atomic mass is 16.2. The number of amides is 4. The van der Waals surface area contributed by atoms with E-state index in [1.807, 2.05) is 42.3 Å². The summed E-state index contributed by atoms with van der Waals surface area (Å²) in [5.74, 6) is -1.13. The van der Waals surface area contributed by atoms with Crippen LogP contribution in [-0.2, 0) is 16.1 Å². The molecule has 25 heavy (non-hydrogen) atoms. The highest BCUT2D eigenvalue weighted by Crippen LogP contribution is 2.31. The summed E-state index contributed by atoms with van der Waals surface area (Å²) in [7, 11) is 1.84. The Balaban J connectivity index is 1.68. The molecule has 4 amide bonds. The maximum absolute atomic E-state index is 12.7. The molecular weight excluding hydrogens is 318 g/mol. The minimum Gasteiger partial charge on any atom is -0.284 e. The Hall–Kier alpha value is -2.21. The van der Waals surface area contributed by atoms with Gasteiger partial charge in [0, 0.05) is 12.6 Å². The molecule has 0 bridgehead atoms. The monoisotopic (exact) mass is 343 g/mol. The second-order valence-corrected chi connectivity index (χ2v) is 7.16. The zero-order chi connectivity index (χ0) is 18.0. The number of rotatable bonds is 5. The lowest BCUT2D eigenvalue weighted by Gasteiger charge is -2.34. The van der Waals surface area contributed by atoms with Crippen molar-refractivity contribution in [3.8, 4) is 0 Å². The van der Waals surface area contributed by atoms with Crippen LogP contribution in [0.5, 0.6) is 0 Å². The van der Waals surface area contributed by atoms with Crippen LogP contribution < -0.4 is 0 Å².